The quantitative estimate of drug-likeness (QED) is 0.873. The number of rotatable bonds is 6. The van der Waals surface area contributed by atoms with Gasteiger partial charge in [-0.2, -0.15) is 0 Å². The Bertz CT molecular complexity index is 614. The summed E-state index contributed by atoms with van der Waals surface area (Å²) in [5, 5.41) is 2.88. The molecule has 1 N–H and O–H groups in total. The van der Waals surface area contributed by atoms with Gasteiger partial charge < -0.3 is 10.1 Å². The number of carbonyl (C=O) groups excluding carboxylic acids is 1. The molecule has 0 spiro atoms. The lowest BCUT2D eigenvalue weighted by Gasteiger charge is -1.99. The summed E-state index contributed by atoms with van der Waals surface area (Å²) in [7, 11) is 1.65. The van der Waals surface area contributed by atoms with Crippen LogP contribution in [0.25, 0.3) is 12.2 Å². The molecule has 0 unspecified atom stereocenters. The molecule has 2 aromatic rings. The van der Waals surface area contributed by atoms with E-state index in [1.807, 2.05) is 55.5 Å². The minimum atomic E-state index is 0.00551. The highest BCUT2D eigenvalue weighted by Gasteiger charge is 2.06. The van der Waals surface area contributed by atoms with Gasteiger partial charge in [0.1, 0.15) is 5.75 Å². The Balaban J connectivity index is 2.00. The molecule has 1 aromatic heterocycles. The molecule has 0 fully saturated rings. The summed E-state index contributed by atoms with van der Waals surface area (Å²) in [6, 6.07) is 11.7. The summed E-state index contributed by atoms with van der Waals surface area (Å²) in [6.07, 6.45) is 4.99. The third-order valence-corrected chi connectivity index (χ3v) is 3.99. The van der Waals surface area contributed by atoms with Gasteiger partial charge in [0.15, 0.2) is 0 Å². The maximum Gasteiger partial charge on any atom is 0.261 e. The second-order valence-electron chi connectivity index (χ2n) is 4.56. The van der Waals surface area contributed by atoms with Crippen molar-refractivity contribution in [2.45, 2.75) is 13.3 Å². The Morgan fingerprint density at radius 1 is 1.19 bits per heavy atom. The van der Waals surface area contributed by atoms with E-state index in [0.29, 0.717) is 6.54 Å². The second kappa shape index (κ2) is 7.64. The van der Waals surface area contributed by atoms with E-state index in [0.717, 1.165) is 27.5 Å². The molecule has 4 heteroatoms. The number of nitrogens with one attached hydrogen (secondary N) is 1. The molecule has 3 nitrogen and oxygen atoms in total. The first-order chi connectivity index (χ1) is 10.2. The third kappa shape index (κ3) is 4.46. The molecular formula is C17H19NO2S. The van der Waals surface area contributed by atoms with Crippen LogP contribution in [0.1, 0.15) is 33.5 Å². The van der Waals surface area contributed by atoms with E-state index in [1.54, 1.807) is 7.11 Å². The van der Waals surface area contributed by atoms with E-state index in [4.69, 9.17) is 4.74 Å². The molecule has 1 amide bonds. The van der Waals surface area contributed by atoms with Crippen LogP contribution in [0.3, 0.4) is 0 Å². The number of amides is 1. The number of ether oxygens (including phenoxy) is 1. The van der Waals surface area contributed by atoms with E-state index < -0.39 is 0 Å². The van der Waals surface area contributed by atoms with Gasteiger partial charge >= 0.3 is 0 Å². The van der Waals surface area contributed by atoms with Crippen molar-refractivity contribution < 1.29 is 9.53 Å². The average Bonchev–Trinajstić information content (AvgIpc) is 3.00. The molecule has 0 aliphatic heterocycles. The van der Waals surface area contributed by atoms with E-state index in [9.17, 15) is 4.79 Å². The maximum atomic E-state index is 11.8. The molecule has 0 aliphatic carbocycles. The van der Waals surface area contributed by atoms with Crippen LogP contribution in [0.15, 0.2) is 36.4 Å². The topological polar surface area (TPSA) is 38.3 Å². The maximum absolute atomic E-state index is 11.8. The summed E-state index contributed by atoms with van der Waals surface area (Å²) >= 11 is 1.49. The van der Waals surface area contributed by atoms with Crippen molar-refractivity contribution in [2.75, 3.05) is 13.7 Å². The van der Waals surface area contributed by atoms with E-state index >= 15 is 0 Å². The van der Waals surface area contributed by atoms with Gasteiger partial charge in [-0.05, 0) is 42.3 Å². The summed E-state index contributed by atoms with van der Waals surface area (Å²) in [4.78, 5) is 13.6. The lowest BCUT2D eigenvalue weighted by Crippen LogP contribution is -2.22. The number of methoxy groups -OCH3 is 1. The van der Waals surface area contributed by atoms with Gasteiger partial charge in [-0.1, -0.05) is 25.1 Å². The minimum absolute atomic E-state index is 0.00551. The number of hydrogen-bond donors (Lipinski definition) is 1. The van der Waals surface area contributed by atoms with E-state index in [-0.39, 0.29) is 5.91 Å². The molecule has 0 bridgehead atoms. The zero-order chi connectivity index (χ0) is 15.1. The summed E-state index contributed by atoms with van der Waals surface area (Å²) in [6.45, 7) is 2.76. The van der Waals surface area contributed by atoms with Crippen LogP contribution in [0.4, 0.5) is 0 Å². The van der Waals surface area contributed by atoms with Crippen LogP contribution in [-0.2, 0) is 0 Å². The van der Waals surface area contributed by atoms with Crippen molar-refractivity contribution >= 4 is 29.4 Å². The van der Waals surface area contributed by atoms with Crippen molar-refractivity contribution in [3.63, 3.8) is 0 Å². The van der Waals surface area contributed by atoms with Crippen molar-refractivity contribution in [1.82, 2.24) is 5.32 Å². The van der Waals surface area contributed by atoms with Gasteiger partial charge in [0.05, 0.1) is 12.0 Å². The molecule has 0 radical (unpaired) electrons. The molecule has 1 aromatic carbocycles. The third-order valence-electron chi connectivity index (χ3n) is 2.94. The summed E-state index contributed by atoms with van der Waals surface area (Å²) in [5.41, 5.74) is 1.10. The van der Waals surface area contributed by atoms with Crippen molar-refractivity contribution in [3.05, 3.63) is 51.7 Å². The highest BCUT2D eigenvalue weighted by atomic mass is 32.1. The van der Waals surface area contributed by atoms with Crippen LogP contribution in [-0.4, -0.2) is 19.6 Å². The Kier molecular flexibility index (Phi) is 5.58. The first-order valence-electron chi connectivity index (χ1n) is 6.93. The lowest BCUT2D eigenvalue weighted by molar-refractivity contribution is 0.0957. The normalized spacial score (nSPS) is 10.8. The zero-order valence-corrected chi connectivity index (χ0v) is 13.1. The smallest absolute Gasteiger partial charge is 0.261 e. The number of hydrogen-bond acceptors (Lipinski definition) is 3. The van der Waals surface area contributed by atoms with Crippen LogP contribution in [0, 0.1) is 0 Å². The molecule has 0 atom stereocenters. The van der Waals surface area contributed by atoms with E-state index in [2.05, 4.69) is 5.32 Å². The number of benzene rings is 1. The first-order valence-corrected chi connectivity index (χ1v) is 7.74. The monoisotopic (exact) mass is 301 g/mol. The summed E-state index contributed by atoms with van der Waals surface area (Å²) in [5.74, 6) is 0.851. The summed E-state index contributed by atoms with van der Waals surface area (Å²) < 4.78 is 5.13. The largest absolute Gasteiger partial charge is 0.497 e. The highest BCUT2D eigenvalue weighted by Crippen LogP contribution is 2.20. The second-order valence-corrected chi connectivity index (χ2v) is 5.68. The van der Waals surface area contributed by atoms with Crippen LogP contribution in [0.5, 0.6) is 5.75 Å². The molecule has 21 heavy (non-hydrogen) atoms. The van der Waals surface area contributed by atoms with Gasteiger partial charge in [0.25, 0.3) is 5.91 Å². The van der Waals surface area contributed by atoms with Crippen molar-refractivity contribution in [3.8, 4) is 5.75 Å². The average molecular weight is 301 g/mol. The molecule has 0 saturated carbocycles. The lowest BCUT2D eigenvalue weighted by atomic mass is 10.2. The fraction of sp³-hybridized carbons (Fsp3) is 0.235. The Hall–Kier alpha value is -2.07. The van der Waals surface area contributed by atoms with Crippen LogP contribution in [0.2, 0.25) is 0 Å². The minimum Gasteiger partial charge on any atom is -0.497 e. The molecular weight excluding hydrogens is 282 g/mol. The molecule has 2 rings (SSSR count). The van der Waals surface area contributed by atoms with Gasteiger partial charge in [0.2, 0.25) is 0 Å². The van der Waals surface area contributed by atoms with Gasteiger partial charge in [-0.25, -0.2) is 0 Å². The SMILES string of the molecule is CCCNC(=O)c1ccc(/C=C/c2ccc(OC)cc2)s1. The standard InChI is InChI=1S/C17H19NO2S/c1-3-12-18-17(19)16-11-10-15(21-16)9-6-13-4-7-14(20-2)8-5-13/h4-11H,3,12H2,1-2H3,(H,18,19)/b9-6+. The molecule has 0 saturated heterocycles. The Labute approximate surface area is 129 Å². The van der Waals surface area contributed by atoms with Gasteiger partial charge in [0, 0.05) is 11.4 Å². The fourth-order valence-electron chi connectivity index (χ4n) is 1.78. The fourth-order valence-corrected chi connectivity index (χ4v) is 2.61. The van der Waals surface area contributed by atoms with Crippen molar-refractivity contribution in [2.24, 2.45) is 0 Å². The predicted octanol–water partition coefficient (Wildman–Crippen LogP) is 4.07. The predicted molar refractivity (Wildman–Crippen MR) is 88.9 cm³/mol. The first kappa shape index (κ1) is 15.3. The highest BCUT2D eigenvalue weighted by molar-refractivity contribution is 7.14. The van der Waals surface area contributed by atoms with Crippen molar-refractivity contribution in [1.29, 1.82) is 0 Å². The van der Waals surface area contributed by atoms with E-state index in [1.165, 1.54) is 11.3 Å². The molecule has 0 aliphatic rings. The zero-order valence-electron chi connectivity index (χ0n) is 12.3. The van der Waals surface area contributed by atoms with Crippen LogP contribution >= 0.6 is 11.3 Å². The number of thiophene rings is 1. The molecule has 110 valence electrons. The van der Waals surface area contributed by atoms with Crippen LogP contribution < -0.4 is 10.1 Å². The van der Waals surface area contributed by atoms with Gasteiger partial charge in [-0.15, -0.1) is 11.3 Å². The Morgan fingerprint density at radius 3 is 2.62 bits per heavy atom. The molecule has 1 heterocycles. The Morgan fingerprint density at radius 2 is 1.95 bits per heavy atom. The van der Waals surface area contributed by atoms with Gasteiger partial charge in [-0.3, -0.25) is 4.79 Å². The number of carbonyl (C=O) groups is 1.